The first-order valence-electron chi connectivity index (χ1n) is 7.89. The first kappa shape index (κ1) is 15.7. The van der Waals surface area contributed by atoms with Gasteiger partial charge in [0.15, 0.2) is 0 Å². The topological polar surface area (TPSA) is 70.2 Å². The first-order chi connectivity index (χ1) is 11.3. The van der Waals surface area contributed by atoms with Crippen molar-refractivity contribution in [2.45, 2.75) is 13.0 Å². The maximum Gasteiger partial charge on any atom is 0.253 e. The fourth-order valence-corrected chi connectivity index (χ4v) is 2.90. The summed E-state index contributed by atoms with van der Waals surface area (Å²) in [5.74, 6) is -0.0501. The van der Waals surface area contributed by atoms with E-state index in [1.165, 1.54) is 0 Å². The zero-order valence-electron chi connectivity index (χ0n) is 13.3. The van der Waals surface area contributed by atoms with Crippen LogP contribution in [-0.2, 0) is 4.74 Å². The molecule has 2 N–H and O–H groups in total. The summed E-state index contributed by atoms with van der Waals surface area (Å²) in [5.41, 5.74) is 2.68. The molecule has 0 saturated carbocycles. The molecule has 3 rings (SSSR count). The molecule has 1 saturated heterocycles. The Balaban J connectivity index is 1.71. The van der Waals surface area contributed by atoms with Crippen LogP contribution in [0.4, 0.5) is 0 Å². The number of morpholine rings is 1. The molecule has 0 radical (unpaired) electrons. The smallest absolute Gasteiger partial charge is 0.253 e. The molecule has 1 aliphatic rings. The minimum atomic E-state index is -0.0501. The molecule has 0 spiro atoms. The summed E-state index contributed by atoms with van der Waals surface area (Å²) in [6, 6.07) is 5.90. The van der Waals surface area contributed by atoms with E-state index in [1.807, 2.05) is 19.2 Å². The number of aromatic nitrogens is 2. The minimum Gasteiger partial charge on any atom is -0.379 e. The number of aryl methyl sites for hydroxylation is 1. The zero-order chi connectivity index (χ0) is 16.1. The molecule has 23 heavy (non-hydrogen) atoms. The van der Waals surface area contributed by atoms with Crippen molar-refractivity contribution in [3.05, 3.63) is 53.6 Å². The lowest BCUT2D eigenvalue weighted by Crippen LogP contribution is -2.43. The van der Waals surface area contributed by atoms with Gasteiger partial charge in [-0.3, -0.25) is 14.7 Å². The molecule has 1 aliphatic heterocycles. The Morgan fingerprint density at radius 2 is 2.26 bits per heavy atom. The van der Waals surface area contributed by atoms with Gasteiger partial charge in [-0.15, -0.1) is 0 Å². The number of rotatable bonds is 5. The highest BCUT2D eigenvalue weighted by Crippen LogP contribution is 2.20. The zero-order valence-corrected chi connectivity index (χ0v) is 13.3. The van der Waals surface area contributed by atoms with E-state index in [4.69, 9.17) is 4.74 Å². The van der Waals surface area contributed by atoms with E-state index in [0.717, 1.165) is 37.6 Å². The number of H-pyrrole nitrogens is 1. The number of hydrogen-bond donors (Lipinski definition) is 2. The number of ether oxygens (including phenoxy) is 1. The number of aromatic amines is 1. The average molecular weight is 314 g/mol. The van der Waals surface area contributed by atoms with Crippen LogP contribution in [0.3, 0.4) is 0 Å². The monoisotopic (exact) mass is 314 g/mol. The predicted octanol–water partition coefficient (Wildman–Crippen LogP) is 1.52. The van der Waals surface area contributed by atoms with Crippen LogP contribution in [0.2, 0.25) is 0 Å². The SMILES string of the molecule is Cc1[nH]ccc1C(=O)NC[C@H](c1cccnc1)N1CCOCC1. The van der Waals surface area contributed by atoms with Gasteiger partial charge in [0.05, 0.1) is 24.8 Å². The molecule has 2 aromatic heterocycles. The van der Waals surface area contributed by atoms with Crippen molar-refractivity contribution in [1.82, 2.24) is 20.2 Å². The molecule has 0 aromatic carbocycles. The van der Waals surface area contributed by atoms with Crippen molar-refractivity contribution in [3.8, 4) is 0 Å². The van der Waals surface area contributed by atoms with Crippen molar-refractivity contribution in [2.75, 3.05) is 32.8 Å². The summed E-state index contributed by atoms with van der Waals surface area (Å²) < 4.78 is 5.44. The Hall–Kier alpha value is -2.18. The Morgan fingerprint density at radius 3 is 2.91 bits per heavy atom. The van der Waals surface area contributed by atoms with Gasteiger partial charge in [-0.2, -0.15) is 0 Å². The number of carbonyl (C=O) groups excluding carboxylic acids is 1. The standard InChI is InChI=1S/C17H22N4O2/c1-13-15(4-6-19-13)17(22)20-12-16(14-3-2-5-18-11-14)21-7-9-23-10-8-21/h2-6,11,16,19H,7-10,12H2,1H3,(H,20,22)/t16-/m1/s1. The van der Waals surface area contributed by atoms with Crippen LogP contribution in [0, 0.1) is 6.92 Å². The quantitative estimate of drug-likeness (QED) is 0.878. The van der Waals surface area contributed by atoms with E-state index in [9.17, 15) is 4.79 Å². The third-order valence-corrected chi connectivity index (χ3v) is 4.21. The molecule has 1 fully saturated rings. The Morgan fingerprint density at radius 1 is 1.43 bits per heavy atom. The molecule has 1 amide bonds. The molecule has 6 heteroatoms. The van der Waals surface area contributed by atoms with Crippen LogP contribution in [0.1, 0.15) is 27.7 Å². The molecule has 2 aromatic rings. The van der Waals surface area contributed by atoms with Crippen molar-refractivity contribution < 1.29 is 9.53 Å². The number of carbonyl (C=O) groups is 1. The average Bonchev–Trinajstić information content (AvgIpc) is 3.03. The van der Waals surface area contributed by atoms with E-state index in [0.29, 0.717) is 12.1 Å². The Bertz CT molecular complexity index is 635. The minimum absolute atomic E-state index is 0.0501. The summed E-state index contributed by atoms with van der Waals surface area (Å²) in [5, 5.41) is 3.05. The van der Waals surface area contributed by atoms with Gasteiger partial charge >= 0.3 is 0 Å². The molecule has 6 nitrogen and oxygen atoms in total. The van der Waals surface area contributed by atoms with Gasteiger partial charge in [-0.05, 0) is 24.6 Å². The number of hydrogen-bond acceptors (Lipinski definition) is 4. The van der Waals surface area contributed by atoms with Crippen LogP contribution >= 0.6 is 0 Å². The van der Waals surface area contributed by atoms with Gasteiger partial charge in [-0.25, -0.2) is 0 Å². The second-order valence-corrected chi connectivity index (χ2v) is 5.68. The second kappa shape index (κ2) is 7.39. The van der Waals surface area contributed by atoms with Gasteiger partial charge < -0.3 is 15.0 Å². The summed E-state index contributed by atoms with van der Waals surface area (Å²) in [7, 11) is 0. The maximum absolute atomic E-state index is 12.4. The summed E-state index contributed by atoms with van der Waals surface area (Å²) >= 11 is 0. The van der Waals surface area contributed by atoms with Gasteiger partial charge in [0.25, 0.3) is 5.91 Å². The number of pyridine rings is 1. The maximum atomic E-state index is 12.4. The molecule has 0 unspecified atom stereocenters. The fourth-order valence-electron chi connectivity index (χ4n) is 2.90. The molecule has 122 valence electrons. The van der Waals surface area contributed by atoms with Crippen molar-refractivity contribution >= 4 is 5.91 Å². The second-order valence-electron chi connectivity index (χ2n) is 5.68. The summed E-state index contributed by atoms with van der Waals surface area (Å²) in [6.45, 7) is 5.62. The fraction of sp³-hybridized carbons (Fsp3) is 0.412. The molecule has 0 bridgehead atoms. The van der Waals surface area contributed by atoms with Gasteiger partial charge in [-0.1, -0.05) is 6.07 Å². The molecular weight excluding hydrogens is 292 g/mol. The number of nitrogens with zero attached hydrogens (tertiary/aromatic N) is 2. The summed E-state index contributed by atoms with van der Waals surface area (Å²) in [4.78, 5) is 21.9. The first-order valence-corrected chi connectivity index (χ1v) is 7.89. The molecular formula is C17H22N4O2. The molecule has 1 atom stereocenters. The lowest BCUT2D eigenvalue weighted by Gasteiger charge is -2.34. The highest BCUT2D eigenvalue weighted by Gasteiger charge is 2.23. The van der Waals surface area contributed by atoms with E-state index < -0.39 is 0 Å². The Labute approximate surface area is 135 Å². The van der Waals surface area contributed by atoms with Crippen molar-refractivity contribution in [2.24, 2.45) is 0 Å². The number of amides is 1. The largest absolute Gasteiger partial charge is 0.379 e. The third kappa shape index (κ3) is 3.78. The van der Waals surface area contributed by atoms with E-state index in [-0.39, 0.29) is 11.9 Å². The van der Waals surface area contributed by atoms with Crippen LogP contribution in [0.15, 0.2) is 36.8 Å². The summed E-state index contributed by atoms with van der Waals surface area (Å²) in [6.07, 6.45) is 5.42. The number of nitrogens with one attached hydrogen (secondary N) is 2. The molecule has 0 aliphatic carbocycles. The van der Waals surface area contributed by atoms with E-state index in [1.54, 1.807) is 18.5 Å². The highest BCUT2D eigenvalue weighted by molar-refractivity contribution is 5.95. The van der Waals surface area contributed by atoms with E-state index in [2.05, 4.69) is 26.3 Å². The van der Waals surface area contributed by atoms with Gasteiger partial charge in [0.1, 0.15) is 0 Å². The molecule has 3 heterocycles. The van der Waals surface area contributed by atoms with Crippen LogP contribution in [-0.4, -0.2) is 53.6 Å². The lowest BCUT2D eigenvalue weighted by molar-refractivity contribution is 0.0161. The lowest BCUT2D eigenvalue weighted by atomic mass is 10.1. The van der Waals surface area contributed by atoms with Crippen molar-refractivity contribution in [3.63, 3.8) is 0 Å². The van der Waals surface area contributed by atoms with Crippen LogP contribution in [0.25, 0.3) is 0 Å². The normalized spacial score (nSPS) is 16.9. The predicted molar refractivity (Wildman–Crippen MR) is 87.2 cm³/mol. The van der Waals surface area contributed by atoms with E-state index >= 15 is 0 Å². The third-order valence-electron chi connectivity index (χ3n) is 4.21. The van der Waals surface area contributed by atoms with Crippen molar-refractivity contribution in [1.29, 1.82) is 0 Å². The van der Waals surface area contributed by atoms with Crippen LogP contribution in [0.5, 0.6) is 0 Å². The highest BCUT2D eigenvalue weighted by atomic mass is 16.5. The van der Waals surface area contributed by atoms with Gasteiger partial charge in [0.2, 0.25) is 0 Å². The van der Waals surface area contributed by atoms with Crippen LogP contribution < -0.4 is 5.32 Å². The Kier molecular flexibility index (Phi) is 5.05. The van der Waals surface area contributed by atoms with Gasteiger partial charge in [0, 0.05) is 43.9 Å².